The maximum Gasteiger partial charge on any atom is 0.496 e. The zero-order chi connectivity index (χ0) is 15.3. The predicted molar refractivity (Wildman–Crippen MR) is 82.7 cm³/mol. The van der Waals surface area contributed by atoms with Crippen LogP contribution in [0.4, 0.5) is 0 Å². The minimum absolute atomic E-state index is 0.387. The van der Waals surface area contributed by atoms with Gasteiger partial charge in [-0.1, -0.05) is 11.6 Å². The maximum absolute atomic E-state index is 6.15. The van der Waals surface area contributed by atoms with Crippen LogP contribution in [0.2, 0.25) is 5.15 Å². The molecule has 1 saturated heterocycles. The largest absolute Gasteiger partial charge is 0.496 e. The van der Waals surface area contributed by atoms with Crippen molar-refractivity contribution in [2.45, 2.75) is 38.9 Å². The van der Waals surface area contributed by atoms with Crippen LogP contribution in [0.25, 0.3) is 11.3 Å². The number of furan rings is 1. The van der Waals surface area contributed by atoms with Gasteiger partial charge in [0.15, 0.2) is 0 Å². The van der Waals surface area contributed by atoms with Crippen molar-refractivity contribution in [1.29, 1.82) is 0 Å². The first kappa shape index (κ1) is 14.6. The van der Waals surface area contributed by atoms with E-state index in [2.05, 4.69) is 4.98 Å². The lowest BCUT2D eigenvalue weighted by atomic mass is 9.79. The molecule has 21 heavy (non-hydrogen) atoms. The van der Waals surface area contributed by atoms with E-state index in [1.165, 1.54) is 0 Å². The number of nitrogens with zero attached hydrogens (tertiary/aromatic N) is 1. The molecule has 0 spiro atoms. The van der Waals surface area contributed by atoms with Crippen molar-refractivity contribution < 1.29 is 13.7 Å². The number of hydrogen-bond donors (Lipinski definition) is 0. The second-order valence-corrected chi connectivity index (χ2v) is 6.53. The summed E-state index contributed by atoms with van der Waals surface area (Å²) in [4.78, 5) is 4.22. The van der Waals surface area contributed by atoms with Crippen molar-refractivity contribution in [1.82, 2.24) is 4.98 Å². The molecule has 0 atom stereocenters. The van der Waals surface area contributed by atoms with Gasteiger partial charge in [0.2, 0.25) is 0 Å². The molecule has 110 valence electrons. The molecule has 0 bridgehead atoms. The highest BCUT2D eigenvalue weighted by atomic mass is 35.5. The monoisotopic (exact) mass is 305 g/mol. The molecule has 0 aliphatic carbocycles. The van der Waals surface area contributed by atoms with Crippen LogP contribution in [-0.2, 0) is 9.31 Å². The highest BCUT2D eigenvalue weighted by Crippen LogP contribution is 2.37. The van der Waals surface area contributed by atoms with E-state index in [1.807, 2.05) is 45.9 Å². The predicted octanol–water partition coefficient (Wildman–Crippen LogP) is 3.29. The quantitative estimate of drug-likeness (QED) is 0.631. The minimum Gasteiger partial charge on any atom is -0.464 e. The topological polar surface area (TPSA) is 44.5 Å². The van der Waals surface area contributed by atoms with Crippen molar-refractivity contribution in [2.24, 2.45) is 0 Å². The van der Waals surface area contributed by atoms with Gasteiger partial charge in [0.1, 0.15) is 10.9 Å². The van der Waals surface area contributed by atoms with Gasteiger partial charge in [-0.05, 0) is 45.9 Å². The first-order chi connectivity index (χ1) is 9.80. The SMILES string of the molecule is CC1(C)OB(c2cnc(Cl)c(-c3ccco3)c2)OC1(C)C. The molecule has 3 rings (SSSR count). The number of rotatable bonds is 2. The minimum atomic E-state index is -0.464. The van der Waals surface area contributed by atoms with Gasteiger partial charge in [0.25, 0.3) is 0 Å². The fourth-order valence-corrected chi connectivity index (χ4v) is 2.37. The lowest BCUT2D eigenvalue weighted by Gasteiger charge is -2.32. The molecule has 2 aromatic rings. The second-order valence-electron chi connectivity index (χ2n) is 6.17. The van der Waals surface area contributed by atoms with Crippen molar-refractivity contribution in [3.63, 3.8) is 0 Å². The first-order valence-corrected chi connectivity index (χ1v) is 7.23. The van der Waals surface area contributed by atoms with E-state index in [1.54, 1.807) is 12.5 Å². The molecule has 0 N–H and O–H groups in total. The van der Waals surface area contributed by atoms with E-state index < -0.39 is 7.12 Å². The Balaban J connectivity index is 1.97. The molecule has 0 unspecified atom stereocenters. The van der Waals surface area contributed by atoms with Crippen molar-refractivity contribution in [3.05, 3.63) is 35.8 Å². The summed E-state index contributed by atoms with van der Waals surface area (Å²) in [6, 6.07) is 5.56. The van der Waals surface area contributed by atoms with E-state index in [-0.39, 0.29) is 11.2 Å². The molecule has 1 aliphatic rings. The third-order valence-electron chi connectivity index (χ3n) is 4.17. The highest BCUT2D eigenvalue weighted by Gasteiger charge is 2.51. The summed E-state index contributed by atoms with van der Waals surface area (Å²) >= 11 is 6.15. The normalized spacial score (nSPS) is 20.0. The summed E-state index contributed by atoms with van der Waals surface area (Å²) in [5.74, 6) is 0.672. The average Bonchev–Trinajstić information content (AvgIpc) is 2.97. The molecule has 0 amide bonds. The summed E-state index contributed by atoms with van der Waals surface area (Å²) in [5, 5.41) is 0.394. The molecule has 0 aromatic carbocycles. The summed E-state index contributed by atoms with van der Waals surface area (Å²) in [6.45, 7) is 8.07. The molecule has 1 aliphatic heterocycles. The number of hydrogen-bond acceptors (Lipinski definition) is 4. The highest BCUT2D eigenvalue weighted by molar-refractivity contribution is 6.62. The van der Waals surface area contributed by atoms with Gasteiger partial charge < -0.3 is 13.7 Å². The molecular formula is C15H17BClNO3. The molecule has 4 nitrogen and oxygen atoms in total. The van der Waals surface area contributed by atoms with Gasteiger partial charge in [-0.3, -0.25) is 0 Å². The van der Waals surface area contributed by atoms with Crippen LogP contribution in [0.5, 0.6) is 0 Å². The van der Waals surface area contributed by atoms with Crippen LogP contribution in [0.1, 0.15) is 27.7 Å². The summed E-state index contributed by atoms with van der Waals surface area (Å²) in [5.41, 5.74) is 0.780. The summed E-state index contributed by atoms with van der Waals surface area (Å²) in [6.07, 6.45) is 3.28. The standard InChI is InChI=1S/C15H17BClNO3/c1-14(2)15(3,4)21-16(20-14)10-8-11(13(17)18-9-10)12-6-5-7-19-12/h5-9H,1-4H3. The van der Waals surface area contributed by atoms with Gasteiger partial charge in [-0.25, -0.2) is 4.98 Å². The molecule has 0 saturated carbocycles. The fourth-order valence-electron chi connectivity index (χ4n) is 2.18. The third-order valence-corrected chi connectivity index (χ3v) is 4.47. The summed E-state index contributed by atoms with van der Waals surface area (Å²) in [7, 11) is -0.464. The summed E-state index contributed by atoms with van der Waals surface area (Å²) < 4.78 is 17.4. The van der Waals surface area contributed by atoms with Gasteiger partial charge in [-0.15, -0.1) is 0 Å². The van der Waals surface area contributed by atoms with Gasteiger partial charge in [0.05, 0.1) is 23.0 Å². The van der Waals surface area contributed by atoms with E-state index in [0.29, 0.717) is 10.9 Å². The molecular weight excluding hydrogens is 288 g/mol. The zero-order valence-corrected chi connectivity index (χ0v) is 13.3. The fraction of sp³-hybridized carbons (Fsp3) is 0.400. The van der Waals surface area contributed by atoms with E-state index in [4.69, 9.17) is 25.3 Å². The molecule has 1 fully saturated rings. The Morgan fingerprint density at radius 2 is 1.81 bits per heavy atom. The van der Waals surface area contributed by atoms with E-state index in [9.17, 15) is 0 Å². The average molecular weight is 306 g/mol. The molecule has 0 radical (unpaired) electrons. The van der Waals surface area contributed by atoms with Crippen LogP contribution >= 0.6 is 11.6 Å². The Hall–Kier alpha value is -1.30. The number of pyridine rings is 1. The van der Waals surface area contributed by atoms with Crippen molar-refractivity contribution in [2.75, 3.05) is 0 Å². The van der Waals surface area contributed by atoms with Crippen molar-refractivity contribution in [3.8, 4) is 11.3 Å². The maximum atomic E-state index is 6.15. The third kappa shape index (κ3) is 2.50. The van der Waals surface area contributed by atoms with Gasteiger partial charge in [0, 0.05) is 11.7 Å². The van der Waals surface area contributed by atoms with Crippen LogP contribution in [0, 0.1) is 0 Å². The Bertz CT molecular complexity index is 639. The Kier molecular flexibility index (Phi) is 3.39. The second kappa shape index (κ2) is 4.87. The number of aromatic nitrogens is 1. The molecule has 2 aromatic heterocycles. The lowest BCUT2D eigenvalue weighted by molar-refractivity contribution is 0.00578. The Labute approximate surface area is 129 Å². The molecule has 6 heteroatoms. The lowest BCUT2D eigenvalue weighted by Crippen LogP contribution is -2.41. The van der Waals surface area contributed by atoms with Gasteiger partial charge >= 0.3 is 7.12 Å². The van der Waals surface area contributed by atoms with E-state index in [0.717, 1.165) is 11.0 Å². The van der Waals surface area contributed by atoms with Crippen LogP contribution in [0.3, 0.4) is 0 Å². The first-order valence-electron chi connectivity index (χ1n) is 6.85. The molecule has 3 heterocycles. The zero-order valence-electron chi connectivity index (χ0n) is 12.5. The Morgan fingerprint density at radius 1 is 1.14 bits per heavy atom. The van der Waals surface area contributed by atoms with Crippen LogP contribution in [-0.4, -0.2) is 23.3 Å². The van der Waals surface area contributed by atoms with Crippen molar-refractivity contribution >= 4 is 24.2 Å². The van der Waals surface area contributed by atoms with E-state index >= 15 is 0 Å². The Morgan fingerprint density at radius 3 is 2.38 bits per heavy atom. The van der Waals surface area contributed by atoms with Crippen LogP contribution < -0.4 is 5.46 Å². The van der Waals surface area contributed by atoms with Crippen LogP contribution in [0.15, 0.2) is 35.1 Å². The smallest absolute Gasteiger partial charge is 0.464 e. The number of halogens is 1. The van der Waals surface area contributed by atoms with Gasteiger partial charge in [-0.2, -0.15) is 0 Å².